The number of hydrogen-bond donors (Lipinski definition) is 6. The molecule has 0 radical (unpaired) electrons. The Labute approximate surface area is 163 Å². The van der Waals surface area contributed by atoms with Crippen LogP contribution >= 0.6 is 0 Å². The summed E-state index contributed by atoms with van der Waals surface area (Å²) in [6, 6.07) is 0. The topological polar surface area (TPSA) is 283 Å². The van der Waals surface area contributed by atoms with Crippen molar-refractivity contribution in [2.24, 2.45) is 0 Å². The standard InChI is InChI=1S/2C6H8O6.2H2O.Zn/c2*7-1-2(8)5-3(9)4(10)6(11)12-5;;;/h2*2,5,7-10H,1H2;2*1H2;/q;;;;+2/p-2/t2*2-,5+;;;/m00.../s1. The van der Waals surface area contributed by atoms with E-state index in [9.17, 15) is 19.8 Å². The van der Waals surface area contributed by atoms with Crippen LogP contribution in [0.15, 0.2) is 23.0 Å². The first-order chi connectivity index (χ1) is 11.1. The van der Waals surface area contributed by atoms with Gasteiger partial charge in [-0.2, -0.15) is 0 Å². The van der Waals surface area contributed by atoms with Gasteiger partial charge in [-0.25, -0.2) is 9.59 Å². The number of rotatable bonds is 4. The largest absolute Gasteiger partial charge is 2.00 e. The number of carbonyl (C=O) groups excluding carboxylic acids is 2. The van der Waals surface area contributed by atoms with Crippen molar-refractivity contribution in [1.29, 1.82) is 0 Å². The molecule has 0 aromatic carbocycles. The van der Waals surface area contributed by atoms with Gasteiger partial charge in [0.2, 0.25) is 0 Å². The number of esters is 2. The molecule has 2 heterocycles. The van der Waals surface area contributed by atoms with E-state index in [1.165, 1.54) is 0 Å². The summed E-state index contributed by atoms with van der Waals surface area (Å²) in [6.07, 6.45) is -5.76. The van der Waals surface area contributed by atoms with Crippen LogP contribution in [0.5, 0.6) is 0 Å². The third kappa shape index (κ3) is 6.59. The molecule has 27 heavy (non-hydrogen) atoms. The van der Waals surface area contributed by atoms with Gasteiger partial charge >= 0.3 is 31.4 Å². The fraction of sp³-hybridized carbons (Fsp3) is 0.500. The zero-order chi connectivity index (χ0) is 18.6. The van der Waals surface area contributed by atoms with E-state index in [2.05, 4.69) is 9.47 Å². The summed E-state index contributed by atoms with van der Waals surface area (Å²) in [5, 5.41) is 73.5. The van der Waals surface area contributed by atoms with Gasteiger partial charge in [-0.05, 0) is 0 Å². The van der Waals surface area contributed by atoms with Crippen molar-refractivity contribution in [3.05, 3.63) is 23.0 Å². The number of aliphatic hydroxyl groups excluding tert-OH is 6. The van der Waals surface area contributed by atoms with Gasteiger partial charge in [0, 0.05) is 11.5 Å². The zero-order valence-electron chi connectivity index (χ0n) is 13.6. The Hall–Kier alpha value is -2.00. The molecular weight excluding hydrogens is 434 g/mol. The molecule has 0 spiro atoms. The van der Waals surface area contributed by atoms with E-state index in [0.29, 0.717) is 0 Å². The summed E-state index contributed by atoms with van der Waals surface area (Å²) in [7, 11) is 0. The van der Waals surface area contributed by atoms with Crippen LogP contribution in [-0.2, 0) is 38.5 Å². The number of aliphatic hydroxyl groups is 6. The molecule has 10 N–H and O–H groups in total. The molecular formula is C12H18O14Zn. The molecule has 0 aromatic rings. The first-order valence-electron chi connectivity index (χ1n) is 6.35. The minimum atomic E-state index is -1.46. The second kappa shape index (κ2) is 12.4. The van der Waals surface area contributed by atoms with E-state index >= 15 is 0 Å². The maximum Gasteiger partial charge on any atom is 2.00 e. The van der Waals surface area contributed by atoms with Crippen molar-refractivity contribution < 1.29 is 90.3 Å². The van der Waals surface area contributed by atoms with Gasteiger partial charge in [0.1, 0.15) is 23.7 Å². The SMILES string of the molecule is O.O.O=C1O[C@H]([C@@H](O)CO)C(O)=C1[O-].O=C1O[C@H]([C@@H](O)CO)C(O)=C1[O-].[Zn+2]. The van der Waals surface area contributed by atoms with Crippen molar-refractivity contribution in [2.75, 3.05) is 13.2 Å². The van der Waals surface area contributed by atoms with Gasteiger partial charge < -0.3 is 61.3 Å². The Morgan fingerprint density at radius 1 is 0.815 bits per heavy atom. The molecule has 0 bridgehead atoms. The molecule has 0 unspecified atom stereocenters. The summed E-state index contributed by atoms with van der Waals surface area (Å²) in [5.41, 5.74) is 0. The van der Waals surface area contributed by atoms with Crippen molar-refractivity contribution in [3.8, 4) is 0 Å². The van der Waals surface area contributed by atoms with Crippen LogP contribution in [0.2, 0.25) is 0 Å². The molecule has 0 saturated carbocycles. The first-order valence-corrected chi connectivity index (χ1v) is 6.35. The third-order valence-corrected chi connectivity index (χ3v) is 2.92. The van der Waals surface area contributed by atoms with Gasteiger partial charge in [-0.3, -0.25) is 0 Å². The van der Waals surface area contributed by atoms with Crippen molar-refractivity contribution in [1.82, 2.24) is 0 Å². The van der Waals surface area contributed by atoms with Crippen LogP contribution in [0.3, 0.4) is 0 Å². The Balaban J connectivity index is -0.000000384. The molecule has 2 aliphatic heterocycles. The normalized spacial score (nSPS) is 23.0. The zero-order valence-corrected chi connectivity index (χ0v) is 16.5. The van der Waals surface area contributed by atoms with Crippen LogP contribution < -0.4 is 10.2 Å². The van der Waals surface area contributed by atoms with Crippen LogP contribution in [0.4, 0.5) is 0 Å². The van der Waals surface area contributed by atoms with E-state index in [-0.39, 0.29) is 30.4 Å². The van der Waals surface area contributed by atoms with E-state index < -0.39 is 72.6 Å². The van der Waals surface area contributed by atoms with Crippen LogP contribution in [-0.4, -0.2) is 91.2 Å². The molecule has 0 saturated heterocycles. The summed E-state index contributed by atoms with van der Waals surface area (Å²) < 4.78 is 8.51. The van der Waals surface area contributed by atoms with Crippen LogP contribution in [0, 0.1) is 0 Å². The van der Waals surface area contributed by atoms with Crippen molar-refractivity contribution in [2.45, 2.75) is 24.4 Å². The first kappa shape index (κ1) is 29.8. The second-order valence-corrected chi connectivity index (χ2v) is 4.58. The van der Waals surface area contributed by atoms with Crippen molar-refractivity contribution in [3.63, 3.8) is 0 Å². The maximum atomic E-state index is 10.6. The molecule has 0 amide bonds. The molecule has 0 fully saturated rings. The number of ether oxygens (including phenoxy) is 2. The van der Waals surface area contributed by atoms with E-state index in [0.717, 1.165) is 0 Å². The molecule has 0 aliphatic carbocycles. The minimum Gasteiger partial charge on any atom is -0.865 e. The number of hydrogen-bond acceptors (Lipinski definition) is 12. The van der Waals surface area contributed by atoms with E-state index in [1.807, 2.05) is 0 Å². The fourth-order valence-corrected chi connectivity index (χ4v) is 1.63. The van der Waals surface area contributed by atoms with Gasteiger partial charge in [0.15, 0.2) is 12.2 Å². The average molecular weight is 452 g/mol. The average Bonchev–Trinajstić information content (AvgIpc) is 2.98. The predicted molar refractivity (Wildman–Crippen MR) is 72.5 cm³/mol. The van der Waals surface area contributed by atoms with Gasteiger partial charge in [-0.1, -0.05) is 0 Å². The number of carbonyl (C=O) groups is 2. The molecule has 2 rings (SSSR count). The van der Waals surface area contributed by atoms with Crippen molar-refractivity contribution >= 4 is 11.9 Å². The summed E-state index contributed by atoms with van der Waals surface area (Å²) >= 11 is 0. The van der Waals surface area contributed by atoms with Crippen LogP contribution in [0.1, 0.15) is 0 Å². The van der Waals surface area contributed by atoms with E-state index in [4.69, 9.17) is 30.6 Å². The number of cyclic esters (lactones) is 2. The molecule has 14 nitrogen and oxygen atoms in total. The Morgan fingerprint density at radius 3 is 1.22 bits per heavy atom. The van der Waals surface area contributed by atoms with Crippen LogP contribution in [0.25, 0.3) is 0 Å². The Morgan fingerprint density at radius 2 is 1.07 bits per heavy atom. The molecule has 15 heteroatoms. The summed E-state index contributed by atoms with van der Waals surface area (Å²) in [6.45, 7) is -1.40. The molecule has 152 valence electrons. The predicted octanol–water partition coefficient (Wildman–Crippen LogP) is -6.86. The summed E-state index contributed by atoms with van der Waals surface area (Å²) in [4.78, 5) is 20.9. The van der Waals surface area contributed by atoms with Gasteiger partial charge in [-0.15, -0.1) is 0 Å². The van der Waals surface area contributed by atoms with Gasteiger partial charge in [0.05, 0.1) is 13.2 Å². The molecule has 2 aliphatic rings. The van der Waals surface area contributed by atoms with Gasteiger partial charge in [0.25, 0.3) is 0 Å². The van der Waals surface area contributed by atoms with E-state index in [1.54, 1.807) is 0 Å². The minimum absolute atomic E-state index is 0. The smallest absolute Gasteiger partial charge is 0.865 e. The summed E-state index contributed by atoms with van der Waals surface area (Å²) in [5.74, 6) is -6.50. The Kier molecular flexibility index (Phi) is 13.7. The molecule has 0 aromatic heterocycles. The molecule has 4 atom stereocenters. The quantitative estimate of drug-likeness (QED) is 0.172. The third-order valence-electron chi connectivity index (χ3n) is 2.92. The maximum absolute atomic E-state index is 10.6. The second-order valence-electron chi connectivity index (χ2n) is 4.58. The fourth-order valence-electron chi connectivity index (χ4n) is 1.63. The monoisotopic (exact) mass is 450 g/mol. The Bertz CT molecular complexity index is 522.